The van der Waals surface area contributed by atoms with E-state index >= 15 is 0 Å². The molecule has 1 aromatic rings. The van der Waals surface area contributed by atoms with Crippen LogP contribution in [0.5, 0.6) is 0 Å². The van der Waals surface area contributed by atoms with Crippen LogP contribution in [0.4, 0.5) is 0 Å². The minimum atomic E-state index is 0.653. The smallest absolute Gasteiger partial charge is 0.0285 e. The van der Waals surface area contributed by atoms with Gasteiger partial charge in [0, 0.05) is 20.8 Å². The first-order valence-corrected chi connectivity index (χ1v) is 7.39. The molecule has 1 atom stereocenters. The SMILES string of the molecule is CCCNC(CCC)Cc1cc(Br)cs1. The molecule has 0 saturated carbocycles. The normalized spacial score (nSPS) is 13.0. The molecule has 0 aliphatic carbocycles. The van der Waals surface area contributed by atoms with Crippen LogP contribution in [0.3, 0.4) is 0 Å². The molecule has 0 spiro atoms. The number of nitrogens with one attached hydrogen (secondary N) is 1. The molecule has 1 N–H and O–H groups in total. The second kappa shape index (κ2) is 7.42. The van der Waals surface area contributed by atoms with Gasteiger partial charge in [0.15, 0.2) is 0 Å². The van der Waals surface area contributed by atoms with Crippen molar-refractivity contribution in [2.24, 2.45) is 0 Å². The topological polar surface area (TPSA) is 12.0 Å². The van der Waals surface area contributed by atoms with Crippen LogP contribution in [0.1, 0.15) is 38.0 Å². The Bertz CT molecular complexity index is 272. The van der Waals surface area contributed by atoms with E-state index in [1.807, 2.05) is 11.3 Å². The molecule has 1 nitrogen and oxygen atoms in total. The van der Waals surface area contributed by atoms with E-state index in [9.17, 15) is 0 Å². The fourth-order valence-electron chi connectivity index (χ4n) is 1.68. The summed E-state index contributed by atoms with van der Waals surface area (Å²) < 4.78 is 1.22. The van der Waals surface area contributed by atoms with Gasteiger partial charge in [-0.05, 0) is 47.8 Å². The van der Waals surface area contributed by atoms with Gasteiger partial charge in [0.1, 0.15) is 0 Å². The van der Waals surface area contributed by atoms with E-state index < -0.39 is 0 Å². The highest BCUT2D eigenvalue weighted by Gasteiger charge is 2.08. The second-order valence-electron chi connectivity index (χ2n) is 3.88. The van der Waals surface area contributed by atoms with Gasteiger partial charge in [0.05, 0.1) is 0 Å². The average Bonchev–Trinajstić information content (AvgIpc) is 2.61. The molecule has 0 amide bonds. The van der Waals surface area contributed by atoms with Gasteiger partial charge in [-0.1, -0.05) is 20.3 Å². The minimum absolute atomic E-state index is 0.653. The molecule has 1 unspecified atom stereocenters. The Labute approximate surface area is 105 Å². The third-order valence-corrected chi connectivity index (χ3v) is 4.11. The lowest BCUT2D eigenvalue weighted by Gasteiger charge is -2.16. The van der Waals surface area contributed by atoms with E-state index in [-0.39, 0.29) is 0 Å². The maximum atomic E-state index is 3.62. The van der Waals surface area contributed by atoms with Crippen LogP contribution < -0.4 is 5.32 Å². The summed E-state index contributed by atoms with van der Waals surface area (Å²) in [4.78, 5) is 1.48. The number of halogens is 1. The maximum absolute atomic E-state index is 3.62. The third kappa shape index (κ3) is 5.14. The van der Waals surface area contributed by atoms with Crippen LogP contribution in [-0.2, 0) is 6.42 Å². The first-order valence-electron chi connectivity index (χ1n) is 5.72. The fourth-order valence-corrected chi connectivity index (χ4v) is 3.21. The van der Waals surface area contributed by atoms with Crippen molar-refractivity contribution in [3.8, 4) is 0 Å². The lowest BCUT2D eigenvalue weighted by Crippen LogP contribution is -2.31. The number of hydrogen-bond donors (Lipinski definition) is 1. The molecule has 1 aromatic heterocycles. The van der Waals surface area contributed by atoms with E-state index in [1.165, 1.54) is 35.0 Å². The summed E-state index contributed by atoms with van der Waals surface area (Å²) in [5, 5.41) is 5.78. The van der Waals surface area contributed by atoms with Crippen LogP contribution in [0.2, 0.25) is 0 Å². The predicted octanol–water partition coefficient (Wildman–Crippen LogP) is 4.22. The van der Waals surface area contributed by atoms with Crippen LogP contribution in [-0.4, -0.2) is 12.6 Å². The number of hydrogen-bond acceptors (Lipinski definition) is 2. The lowest BCUT2D eigenvalue weighted by molar-refractivity contribution is 0.475. The van der Waals surface area contributed by atoms with Gasteiger partial charge >= 0.3 is 0 Å². The van der Waals surface area contributed by atoms with Crippen molar-refractivity contribution in [2.75, 3.05) is 6.54 Å². The molecular formula is C12H20BrNS. The molecule has 0 fully saturated rings. The van der Waals surface area contributed by atoms with Crippen molar-refractivity contribution >= 4 is 27.3 Å². The van der Waals surface area contributed by atoms with Gasteiger partial charge < -0.3 is 5.32 Å². The van der Waals surface area contributed by atoms with Gasteiger partial charge in [-0.2, -0.15) is 0 Å². The molecule has 86 valence electrons. The molecule has 1 rings (SSSR count). The summed E-state index contributed by atoms with van der Waals surface area (Å²) in [6, 6.07) is 2.89. The highest BCUT2D eigenvalue weighted by molar-refractivity contribution is 9.10. The van der Waals surface area contributed by atoms with E-state index in [4.69, 9.17) is 0 Å². The van der Waals surface area contributed by atoms with Crippen LogP contribution in [0.25, 0.3) is 0 Å². The molecule has 0 aromatic carbocycles. The molecule has 0 bridgehead atoms. The van der Waals surface area contributed by atoms with E-state index in [0.29, 0.717) is 6.04 Å². The van der Waals surface area contributed by atoms with E-state index in [1.54, 1.807) is 0 Å². The van der Waals surface area contributed by atoms with Crippen molar-refractivity contribution in [3.63, 3.8) is 0 Å². The van der Waals surface area contributed by atoms with Crippen molar-refractivity contribution in [1.29, 1.82) is 0 Å². The molecule has 0 saturated heterocycles. The van der Waals surface area contributed by atoms with Gasteiger partial charge in [-0.15, -0.1) is 11.3 Å². The van der Waals surface area contributed by atoms with Crippen molar-refractivity contribution in [2.45, 2.75) is 45.6 Å². The van der Waals surface area contributed by atoms with E-state index in [2.05, 4.69) is 46.5 Å². The number of thiophene rings is 1. The Kier molecular flexibility index (Phi) is 6.53. The van der Waals surface area contributed by atoms with E-state index in [0.717, 1.165) is 6.54 Å². The quantitative estimate of drug-likeness (QED) is 0.792. The zero-order valence-corrected chi connectivity index (χ0v) is 12.0. The highest BCUT2D eigenvalue weighted by atomic mass is 79.9. The lowest BCUT2D eigenvalue weighted by atomic mass is 10.1. The Morgan fingerprint density at radius 1 is 1.40 bits per heavy atom. The summed E-state index contributed by atoms with van der Waals surface area (Å²) in [5.74, 6) is 0. The molecule has 0 aliphatic rings. The van der Waals surface area contributed by atoms with Crippen molar-refractivity contribution in [3.05, 3.63) is 20.8 Å². The molecule has 15 heavy (non-hydrogen) atoms. The molecule has 0 aliphatic heterocycles. The van der Waals surface area contributed by atoms with Crippen LogP contribution in [0, 0.1) is 0 Å². The molecule has 1 heterocycles. The first kappa shape index (κ1) is 13.2. The molecular weight excluding hydrogens is 270 g/mol. The Hall–Kier alpha value is 0.140. The zero-order valence-electron chi connectivity index (χ0n) is 9.55. The zero-order chi connectivity index (χ0) is 11.1. The van der Waals surface area contributed by atoms with Gasteiger partial charge in [-0.25, -0.2) is 0 Å². The van der Waals surface area contributed by atoms with Crippen molar-refractivity contribution < 1.29 is 0 Å². The molecule has 0 radical (unpaired) electrons. The maximum Gasteiger partial charge on any atom is 0.0285 e. The monoisotopic (exact) mass is 289 g/mol. The van der Waals surface area contributed by atoms with Gasteiger partial charge in [0.2, 0.25) is 0 Å². The largest absolute Gasteiger partial charge is 0.314 e. The van der Waals surface area contributed by atoms with Crippen LogP contribution >= 0.6 is 27.3 Å². The highest BCUT2D eigenvalue weighted by Crippen LogP contribution is 2.21. The molecule has 3 heteroatoms. The summed E-state index contributed by atoms with van der Waals surface area (Å²) >= 11 is 5.35. The standard InChI is InChI=1S/C12H20BrNS/c1-3-5-11(14-6-4-2)8-12-7-10(13)9-15-12/h7,9,11,14H,3-6,8H2,1-2H3. The Balaban J connectivity index is 2.42. The third-order valence-electron chi connectivity index (χ3n) is 2.39. The fraction of sp³-hybridized carbons (Fsp3) is 0.667. The average molecular weight is 290 g/mol. The summed E-state index contributed by atoms with van der Waals surface area (Å²) in [6.07, 6.45) is 4.92. The first-order chi connectivity index (χ1) is 7.26. The Morgan fingerprint density at radius 3 is 2.73 bits per heavy atom. The Morgan fingerprint density at radius 2 is 2.20 bits per heavy atom. The summed E-state index contributed by atoms with van der Waals surface area (Å²) in [6.45, 7) is 5.61. The van der Waals surface area contributed by atoms with Gasteiger partial charge in [-0.3, -0.25) is 0 Å². The summed E-state index contributed by atoms with van der Waals surface area (Å²) in [7, 11) is 0. The van der Waals surface area contributed by atoms with Crippen LogP contribution in [0.15, 0.2) is 15.9 Å². The summed E-state index contributed by atoms with van der Waals surface area (Å²) in [5.41, 5.74) is 0. The number of rotatable bonds is 7. The van der Waals surface area contributed by atoms with Crippen molar-refractivity contribution in [1.82, 2.24) is 5.32 Å². The minimum Gasteiger partial charge on any atom is -0.314 e. The van der Waals surface area contributed by atoms with Gasteiger partial charge in [0.25, 0.3) is 0 Å². The second-order valence-corrected chi connectivity index (χ2v) is 5.79. The predicted molar refractivity (Wildman–Crippen MR) is 72.7 cm³/mol.